The molecule has 0 amide bonds. The number of rotatable bonds is 6. The van der Waals surface area contributed by atoms with E-state index in [2.05, 4.69) is 31.6 Å². The van der Waals surface area contributed by atoms with E-state index in [1.165, 1.54) is 0 Å². The van der Waals surface area contributed by atoms with Gasteiger partial charge in [-0.3, -0.25) is 5.41 Å². The highest BCUT2D eigenvalue weighted by Gasteiger charge is 2.24. The van der Waals surface area contributed by atoms with Gasteiger partial charge in [0.25, 0.3) is 0 Å². The van der Waals surface area contributed by atoms with Crippen LogP contribution in [0.25, 0.3) is 0 Å². The van der Waals surface area contributed by atoms with E-state index in [0.717, 1.165) is 61.1 Å². The van der Waals surface area contributed by atoms with Gasteiger partial charge in [0, 0.05) is 42.5 Å². The standard InChI is InChI=1S/C22H25N7O/c1-2-19-26-27-21-13-28(9-10-29(19)21)20-11-14(7-8-25-20)22(24)17-12-16(5-6-18(17)23)30-15-3-4-15/h5-8,11-12,15,24H,2-4,9-10,13,23H2,1H3. The van der Waals surface area contributed by atoms with Crippen LogP contribution in [0.1, 0.15) is 42.5 Å². The number of aryl methyl sites for hydroxylation is 1. The molecule has 1 aliphatic carbocycles. The van der Waals surface area contributed by atoms with E-state index >= 15 is 0 Å². The molecule has 3 heterocycles. The van der Waals surface area contributed by atoms with E-state index in [1.54, 1.807) is 6.20 Å². The monoisotopic (exact) mass is 403 g/mol. The number of nitrogen functional groups attached to an aromatic ring is 1. The number of benzene rings is 1. The highest BCUT2D eigenvalue weighted by Crippen LogP contribution is 2.30. The van der Waals surface area contributed by atoms with Crippen LogP contribution in [-0.4, -0.2) is 38.1 Å². The third-order valence-electron chi connectivity index (χ3n) is 5.63. The maximum absolute atomic E-state index is 8.75. The average Bonchev–Trinajstić information content (AvgIpc) is 3.50. The Hall–Kier alpha value is -3.42. The molecular weight excluding hydrogens is 378 g/mol. The third kappa shape index (κ3) is 3.49. The SMILES string of the molecule is CCc1nnc2n1CCN(c1cc(C(=N)c3cc(OC4CC4)ccc3N)ccn1)C2. The third-order valence-corrected chi connectivity index (χ3v) is 5.63. The molecule has 1 aromatic carbocycles. The van der Waals surface area contributed by atoms with Gasteiger partial charge in [-0.1, -0.05) is 6.92 Å². The average molecular weight is 403 g/mol. The van der Waals surface area contributed by atoms with Crippen molar-refractivity contribution in [1.29, 1.82) is 5.41 Å². The topological polar surface area (TPSA) is 106 Å². The van der Waals surface area contributed by atoms with Crippen LogP contribution >= 0.6 is 0 Å². The normalized spacial score (nSPS) is 15.7. The van der Waals surface area contributed by atoms with Crippen molar-refractivity contribution in [2.75, 3.05) is 17.2 Å². The second kappa shape index (κ2) is 7.44. The Kier molecular flexibility index (Phi) is 4.61. The molecule has 1 fully saturated rings. The van der Waals surface area contributed by atoms with Crippen LogP contribution in [0.4, 0.5) is 11.5 Å². The predicted molar refractivity (Wildman–Crippen MR) is 115 cm³/mol. The number of hydrogen-bond donors (Lipinski definition) is 2. The second-order valence-electron chi connectivity index (χ2n) is 7.80. The molecule has 8 nitrogen and oxygen atoms in total. The molecule has 0 bridgehead atoms. The maximum atomic E-state index is 8.75. The predicted octanol–water partition coefficient (Wildman–Crippen LogP) is 2.80. The zero-order valence-corrected chi connectivity index (χ0v) is 17.0. The van der Waals surface area contributed by atoms with Crippen LogP contribution in [-0.2, 0) is 19.5 Å². The number of aromatic nitrogens is 4. The van der Waals surface area contributed by atoms with Gasteiger partial charge in [0.15, 0.2) is 5.82 Å². The quantitative estimate of drug-likeness (QED) is 0.484. The molecule has 154 valence electrons. The van der Waals surface area contributed by atoms with Gasteiger partial charge in [0.1, 0.15) is 17.4 Å². The van der Waals surface area contributed by atoms with Crippen LogP contribution in [0.15, 0.2) is 36.5 Å². The van der Waals surface area contributed by atoms with Crippen LogP contribution in [0.3, 0.4) is 0 Å². The molecule has 3 N–H and O–H groups in total. The van der Waals surface area contributed by atoms with Gasteiger partial charge in [0.2, 0.25) is 0 Å². The lowest BCUT2D eigenvalue weighted by molar-refractivity contribution is 0.303. The van der Waals surface area contributed by atoms with Crippen LogP contribution in [0.2, 0.25) is 0 Å². The number of hydrogen-bond acceptors (Lipinski definition) is 7. The maximum Gasteiger partial charge on any atom is 0.152 e. The van der Waals surface area contributed by atoms with Crippen molar-refractivity contribution in [3.05, 3.63) is 59.3 Å². The lowest BCUT2D eigenvalue weighted by atomic mass is 10.0. The summed E-state index contributed by atoms with van der Waals surface area (Å²) in [6, 6.07) is 9.35. The first-order chi connectivity index (χ1) is 14.6. The van der Waals surface area contributed by atoms with Crippen molar-refractivity contribution < 1.29 is 4.74 Å². The zero-order chi connectivity index (χ0) is 20.7. The number of pyridine rings is 1. The Morgan fingerprint density at radius 3 is 2.87 bits per heavy atom. The first-order valence-corrected chi connectivity index (χ1v) is 10.4. The van der Waals surface area contributed by atoms with Crippen molar-refractivity contribution in [3.8, 4) is 5.75 Å². The molecule has 3 aromatic rings. The largest absolute Gasteiger partial charge is 0.490 e. The lowest BCUT2D eigenvalue weighted by Gasteiger charge is -2.29. The Bertz CT molecular complexity index is 1100. The molecule has 1 aliphatic heterocycles. The Morgan fingerprint density at radius 1 is 1.20 bits per heavy atom. The van der Waals surface area contributed by atoms with Crippen molar-refractivity contribution in [2.45, 2.75) is 45.4 Å². The number of fused-ring (bicyclic) bond motifs is 1. The Balaban J connectivity index is 1.39. The van der Waals surface area contributed by atoms with E-state index in [9.17, 15) is 0 Å². The molecule has 2 aromatic heterocycles. The molecule has 30 heavy (non-hydrogen) atoms. The summed E-state index contributed by atoms with van der Waals surface area (Å²) in [5.41, 5.74) is 8.57. The van der Waals surface area contributed by atoms with E-state index in [-0.39, 0.29) is 0 Å². The van der Waals surface area contributed by atoms with Crippen LogP contribution < -0.4 is 15.4 Å². The molecule has 2 aliphatic rings. The van der Waals surface area contributed by atoms with Crippen molar-refractivity contribution in [3.63, 3.8) is 0 Å². The van der Waals surface area contributed by atoms with Gasteiger partial charge in [-0.25, -0.2) is 4.98 Å². The van der Waals surface area contributed by atoms with Crippen molar-refractivity contribution in [2.24, 2.45) is 0 Å². The summed E-state index contributed by atoms with van der Waals surface area (Å²) in [4.78, 5) is 6.72. The first-order valence-electron chi connectivity index (χ1n) is 10.4. The fraction of sp³-hybridized carbons (Fsp3) is 0.364. The summed E-state index contributed by atoms with van der Waals surface area (Å²) in [7, 11) is 0. The van der Waals surface area contributed by atoms with Crippen LogP contribution in [0.5, 0.6) is 5.75 Å². The number of nitrogens with two attached hydrogens (primary N) is 1. The minimum Gasteiger partial charge on any atom is -0.490 e. The molecule has 0 saturated heterocycles. The molecule has 8 heteroatoms. The molecule has 0 unspecified atom stereocenters. The summed E-state index contributed by atoms with van der Waals surface area (Å²) in [6.45, 7) is 4.41. The number of anilines is 2. The summed E-state index contributed by atoms with van der Waals surface area (Å²) >= 11 is 0. The van der Waals surface area contributed by atoms with Gasteiger partial charge in [0.05, 0.1) is 18.4 Å². The summed E-state index contributed by atoms with van der Waals surface area (Å²) < 4.78 is 8.07. The van der Waals surface area contributed by atoms with Gasteiger partial charge >= 0.3 is 0 Å². The smallest absolute Gasteiger partial charge is 0.152 e. The highest BCUT2D eigenvalue weighted by atomic mass is 16.5. The molecule has 0 radical (unpaired) electrons. The summed E-state index contributed by atoms with van der Waals surface area (Å²) in [5.74, 6) is 3.57. The number of nitrogens with zero attached hydrogens (tertiary/aromatic N) is 5. The zero-order valence-electron chi connectivity index (χ0n) is 17.0. The minimum atomic E-state index is 0.303. The Labute approximate surface area is 175 Å². The Morgan fingerprint density at radius 2 is 2.07 bits per heavy atom. The molecule has 0 spiro atoms. The van der Waals surface area contributed by atoms with Gasteiger partial charge in [-0.05, 0) is 43.2 Å². The first kappa shape index (κ1) is 18.6. The van der Waals surface area contributed by atoms with E-state index in [0.29, 0.717) is 29.6 Å². The number of ether oxygens (including phenoxy) is 1. The van der Waals surface area contributed by atoms with Crippen molar-refractivity contribution in [1.82, 2.24) is 19.7 Å². The van der Waals surface area contributed by atoms with E-state index < -0.39 is 0 Å². The van der Waals surface area contributed by atoms with Crippen molar-refractivity contribution >= 4 is 17.2 Å². The molecular formula is C22H25N7O. The summed E-state index contributed by atoms with van der Waals surface area (Å²) in [6.07, 6.45) is 5.11. The van der Waals surface area contributed by atoms with Gasteiger partial charge < -0.3 is 19.9 Å². The highest BCUT2D eigenvalue weighted by molar-refractivity contribution is 6.14. The van der Waals surface area contributed by atoms with E-state index in [4.69, 9.17) is 15.9 Å². The number of nitrogens with one attached hydrogen (secondary N) is 1. The molecule has 0 atom stereocenters. The summed E-state index contributed by atoms with van der Waals surface area (Å²) in [5, 5.41) is 17.4. The molecule has 1 saturated carbocycles. The fourth-order valence-electron chi connectivity index (χ4n) is 3.78. The van der Waals surface area contributed by atoms with Crippen LogP contribution in [0, 0.1) is 5.41 Å². The molecule has 5 rings (SSSR count). The minimum absolute atomic E-state index is 0.303. The second-order valence-corrected chi connectivity index (χ2v) is 7.80. The lowest BCUT2D eigenvalue weighted by Crippen LogP contribution is -2.35. The van der Waals surface area contributed by atoms with E-state index in [1.807, 2.05) is 30.3 Å². The van der Waals surface area contributed by atoms with Gasteiger partial charge in [-0.2, -0.15) is 0 Å². The fourth-order valence-corrected chi connectivity index (χ4v) is 3.78. The van der Waals surface area contributed by atoms with Gasteiger partial charge in [-0.15, -0.1) is 10.2 Å².